The minimum Gasteiger partial charge on any atom is -0.354 e. The van der Waals surface area contributed by atoms with Gasteiger partial charge in [-0.25, -0.2) is 0 Å². The summed E-state index contributed by atoms with van der Waals surface area (Å²) in [6.07, 6.45) is 1.03. The molecular formula is C13H27N7. The van der Waals surface area contributed by atoms with Gasteiger partial charge in [0.1, 0.15) is 0 Å². The first-order valence-electron chi connectivity index (χ1n) is 7.16. The summed E-state index contributed by atoms with van der Waals surface area (Å²) in [7, 11) is 5.94. The Morgan fingerprint density at radius 1 is 0.900 bits per heavy atom. The van der Waals surface area contributed by atoms with Crippen LogP contribution in [0.3, 0.4) is 0 Å². The Hall–Kier alpha value is -1.63. The lowest BCUT2D eigenvalue weighted by Crippen LogP contribution is -2.25. The molecule has 0 aliphatic rings. The molecular weight excluding hydrogens is 254 g/mol. The van der Waals surface area contributed by atoms with Gasteiger partial charge < -0.3 is 20.4 Å². The first kappa shape index (κ1) is 16.4. The van der Waals surface area contributed by atoms with E-state index in [1.807, 2.05) is 19.0 Å². The minimum absolute atomic E-state index is 0.617. The molecule has 0 amide bonds. The smallest absolute Gasteiger partial charge is 0.231 e. The van der Waals surface area contributed by atoms with E-state index in [9.17, 15) is 0 Å². The van der Waals surface area contributed by atoms with E-state index < -0.39 is 0 Å². The van der Waals surface area contributed by atoms with E-state index in [0.717, 1.165) is 32.6 Å². The molecule has 0 saturated carbocycles. The third-order valence-corrected chi connectivity index (χ3v) is 2.87. The molecule has 0 aliphatic heterocycles. The van der Waals surface area contributed by atoms with Crippen molar-refractivity contribution >= 4 is 17.8 Å². The number of nitrogens with zero attached hydrogens (tertiary/aromatic N) is 5. The fourth-order valence-electron chi connectivity index (χ4n) is 1.48. The Morgan fingerprint density at radius 3 is 2.00 bits per heavy atom. The summed E-state index contributed by atoms with van der Waals surface area (Å²) in [6, 6.07) is 0. The lowest BCUT2D eigenvalue weighted by molar-refractivity contribution is 0.367. The van der Waals surface area contributed by atoms with Crippen LogP contribution in [0, 0.1) is 0 Å². The molecule has 0 aliphatic carbocycles. The average molecular weight is 281 g/mol. The van der Waals surface area contributed by atoms with Gasteiger partial charge >= 0.3 is 0 Å². The van der Waals surface area contributed by atoms with Gasteiger partial charge in [-0.1, -0.05) is 13.8 Å². The van der Waals surface area contributed by atoms with Crippen LogP contribution in [0.2, 0.25) is 0 Å². The van der Waals surface area contributed by atoms with Gasteiger partial charge in [0.25, 0.3) is 0 Å². The number of anilines is 3. The summed E-state index contributed by atoms with van der Waals surface area (Å²) in [6.45, 7) is 7.91. The van der Waals surface area contributed by atoms with E-state index in [1.165, 1.54) is 0 Å². The summed E-state index contributed by atoms with van der Waals surface area (Å²) in [5.41, 5.74) is 0. The third-order valence-electron chi connectivity index (χ3n) is 2.87. The molecule has 0 atom stereocenters. The van der Waals surface area contributed by atoms with Gasteiger partial charge in [-0.15, -0.1) is 0 Å². The summed E-state index contributed by atoms with van der Waals surface area (Å²) in [5.74, 6) is 1.90. The summed E-state index contributed by atoms with van der Waals surface area (Å²) in [4.78, 5) is 17.3. The van der Waals surface area contributed by atoms with Crippen LogP contribution >= 0.6 is 0 Å². The van der Waals surface area contributed by atoms with Crippen molar-refractivity contribution in [2.75, 3.05) is 62.9 Å². The fraction of sp³-hybridized carbons (Fsp3) is 0.769. The molecule has 2 N–H and O–H groups in total. The zero-order valence-electron chi connectivity index (χ0n) is 13.3. The van der Waals surface area contributed by atoms with Crippen LogP contribution < -0.4 is 15.5 Å². The van der Waals surface area contributed by atoms with Crippen molar-refractivity contribution in [2.45, 2.75) is 20.3 Å². The normalized spacial score (nSPS) is 10.7. The van der Waals surface area contributed by atoms with E-state index in [4.69, 9.17) is 0 Å². The molecule has 0 bridgehead atoms. The quantitative estimate of drug-likeness (QED) is 0.703. The Labute approximate surface area is 121 Å². The van der Waals surface area contributed by atoms with E-state index in [0.29, 0.717) is 17.8 Å². The molecule has 0 unspecified atom stereocenters. The highest BCUT2D eigenvalue weighted by Crippen LogP contribution is 2.11. The molecule has 7 nitrogen and oxygen atoms in total. The number of rotatable bonds is 9. The van der Waals surface area contributed by atoms with Gasteiger partial charge in [0.15, 0.2) is 0 Å². The fourth-order valence-corrected chi connectivity index (χ4v) is 1.48. The van der Waals surface area contributed by atoms with Crippen molar-refractivity contribution in [1.29, 1.82) is 0 Å². The second kappa shape index (κ2) is 8.52. The monoisotopic (exact) mass is 281 g/mol. The maximum Gasteiger partial charge on any atom is 0.231 e. The molecule has 20 heavy (non-hydrogen) atoms. The molecule has 114 valence electrons. The molecule has 0 fully saturated rings. The maximum atomic E-state index is 4.40. The van der Waals surface area contributed by atoms with Gasteiger partial charge in [0, 0.05) is 33.7 Å². The Bertz CT molecular complexity index is 394. The summed E-state index contributed by atoms with van der Waals surface area (Å²) >= 11 is 0. The number of likely N-dealkylation sites (N-methyl/N-ethyl adjacent to an activating group) is 1. The number of hydrogen-bond acceptors (Lipinski definition) is 7. The number of hydrogen-bond donors (Lipinski definition) is 2. The molecule has 0 saturated heterocycles. The SMILES string of the molecule is CCCNc1nc(NCCN(C)CC)nc(N(C)C)n1. The highest BCUT2D eigenvalue weighted by molar-refractivity contribution is 5.42. The third kappa shape index (κ3) is 5.56. The summed E-state index contributed by atoms with van der Waals surface area (Å²) < 4.78 is 0. The van der Waals surface area contributed by atoms with E-state index in [-0.39, 0.29) is 0 Å². The first-order chi connectivity index (χ1) is 9.56. The van der Waals surface area contributed by atoms with Crippen LogP contribution in [-0.2, 0) is 0 Å². The van der Waals surface area contributed by atoms with Crippen LogP contribution in [0.25, 0.3) is 0 Å². The van der Waals surface area contributed by atoms with Crippen molar-refractivity contribution in [3.8, 4) is 0 Å². The predicted molar refractivity (Wildman–Crippen MR) is 84.6 cm³/mol. The number of nitrogens with one attached hydrogen (secondary N) is 2. The molecule has 0 aromatic carbocycles. The second-order valence-electron chi connectivity index (χ2n) is 4.93. The largest absolute Gasteiger partial charge is 0.354 e. The zero-order valence-corrected chi connectivity index (χ0v) is 13.3. The van der Waals surface area contributed by atoms with Crippen LogP contribution in [0.15, 0.2) is 0 Å². The first-order valence-corrected chi connectivity index (χ1v) is 7.16. The molecule has 1 aromatic heterocycles. The van der Waals surface area contributed by atoms with E-state index >= 15 is 0 Å². The van der Waals surface area contributed by atoms with Crippen molar-refractivity contribution in [1.82, 2.24) is 19.9 Å². The Balaban J connectivity index is 2.70. The van der Waals surface area contributed by atoms with Crippen molar-refractivity contribution in [2.24, 2.45) is 0 Å². The second-order valence-corrected chi connectivity index (χ2v) is 4.93. The maximum absolute atomic E-state index is 4.40. The standard InChI is InChI=1S/C13H27N7/c1-6-8-14-11-16-12(15-9-10-20(5)7-2)18-13(17-11)19(3)4/h6-10H2,1-5H3,(H2,14,15,16,17,18). The van der Waals surface area contributed by atoms with Crippen molar-refractivity contribution in [3.05, 3.63) is 0 Å². The minimum atomic E-state index is 0.617. The van der Waals surface area contributed by atoms with Crippen molar-refractivity contribution in [3.63, 3.8) is 0 Å². The Kier molecular flexibility index (Phi) is 7.00. The molecule has 1 heterocycles. The lowest BCUT2D eigenvalue weighted by Gasteiger charge is -2.16. The van der Waals surface area contributed by atoms with Crippen LogP contribution in [0.1, 0.15) is 20.3 Å². The molecule has 0 spiro atoms. The molecule has 1 aromatic rings. The highest BCUT2D eigenvalue weighted by Gasteiger charge is 2.07. The average Bonchev–Trinajstić information content (AvgIpc) is 2.44. The van der Waals surface area contributed by atoms with Gasteiger partial charge in [0.05, 0.1) is 0 Å². The molecule has 7 heteroatoms. The summed E-state index contributed by atoms with van der Waals surface area (Å²) in [5, 5.41) is 6.45. The predicted octanol–water partition coefficient (Wildman–Crippen LogP) is 1.12. The van der Waals surface area contributed by atoms with Crippen LogP contribution in [0.4, 0.5) is 17.8 Å². The van der Waals surface area contributed by atoms with Crippen LogP contribution in [-0.4, -0.2) is 67.2 Å². The van der Waals surface area contributed by atoms with E-state index in [2.05, 4.69) is 51.4 Å². The highest BCUT2D eigenvalue weighted by atomic mass is 15.3. The van der Waals surface area contributed by atoms with Gasteiger partial charge in [-0.2, -0.15) is 15.0 Å². The topological polar surface area (TPSA) is 69.2 Å². The lowest BCUT2D eigenvalue weighted by atomic mass is 10.5. The molecule has 1 rings (SSSR count). The van der Waals surface area contributed by atoms with E-state index in [1.54, 1.807) is 0 Å². The number of aromatic nitrogens is 3. The van der Waals surface area contributed by atoms with Crippen LogP contribution in [0.5, 0.6) is 0 Å². The van der Waals surface area contributed by atoms with Gasteiger partial charge in [-0.3, -0.25) is 0 Å². The Morgan fingerprint density at radius 2 is 1.50 bits per heavy atom. The van der Waals surface area contributed by atoms with Crippen molar-refractivity contribution < 1.29 is 0 Å². The molecule has 0 radical (unpaired) electrons. The van der Waals surface area contributed by atoms with Gasteiger partial charge in [0.2, 0.25) is 17.8 Å². The zero-order chi connectivity index (χ0) is 15.0. The van der Waals surface area contributed by atoms with Gasteiger partial charge in [-0.05, 0) is 20.0 Å².